The Kier molecular flexibility index (Phi) is 7.81. The minimum Gasteiger partial charge on any atom is -0.465 e. The van der Waals surface area contributed by atoms with Crippen LogP contribution in [0.1, 0.15) is 27.1 Å². The highest BCUT2D eigenvalue weighted by atomic mass is 35.5. The van der Waals surface area contributed by atoms with Gasteiger partial charge in [0.1, 0.15) is 0 Å². The number of methoxy groups -OCH3 is 2. The van der Waals surface area contributed by atoms with Gasteiger partial charge >= 0.3 is 11.9 Å². The smallest absolute Gasteiger partial charge is 0.339 e. The molecule has 1 fully saturated rings. The number of hydrogen-bond acceptors (Lipinski definition) is 7. The maximum absolute atomic E-state index is 13.0. The lowest BCUT2D eigenvalue weighted by Gasteiger charge is -2.21. The summed E-state index contributed by atoms with van der Waals surface area (Å²) < 4.78 is 36.5. The first-order chi connectivity index (χ1) is 11.4. The first kappa shape index (κ1) is 21.4. The third kappa shape index (κ3) is 4.69. The van der Waals surface area contributed by atoms with Crippen LogP contribution in [0.2, 0.25) is 0 Å². The molecule has 0 bridgehead atoms. The molecule has 0 aromatic heterocycles. The van der Waals surface area contributed by atoms with Crippen LogP contribution in [-0.4, -0.2) is 65.1 Å². The molecule has 1 aliphatic rings. The summed E-state index contributed by atoms with van der Waals surface area (Å²) in [6.45, 7) is 1.85. The monoisotopic (exact) mass is 392 g/mol. The van der Waals surface area contributed by atoms with Gasteiger partial charge in [-0.1, -0.05) is 0 Å². The molecule has 2 rings (SSSR count). The van der Waals surface area contributed by atoms with E-state index in [0.29, 0.717) is 19.5 Å². The molecule has 25 heavy (non-hydrogen) atoms. The Morgan fingerprint density at radius 3 is 2.40 bits per heavy atom. The van der Waals surface area contributed by atoms with Gasteiger partial charge in [0, 0.05) is 19.6 Å². The first-order valence-corrected chi connectivity index (χ1v) is 8.87. The number of esters is 2. The number of rotatable bonds is 4. The van der Waals surface area contributed by atoms with Crippen molar-refractivity contribution in [2.75, 3.05) is 40.4 Å². The second-order valence-electron chi connectivity index (χ2n) is 5.20. The Hall–Kier alpha value is -1.68. The maximum Gasteiger partial charge on any atom is 0.339 e. The van der Waals surface area contributed by atoms with Gasteiger partial charge in [-0.2, -0.15) is 4.31 Å². The largest absolute Gasteiger partial charge is 0.465 e. The maximum atomic E-state index is 13.0. The SMILES string of the molecule is COC(=O)c1ccc(C(=O)OC)c(S(=O)(=O)N2CCCNCC2)c1.Cl. The van der Waals surface area contributed by atoms with Crippen LogP contribution in [0.5, 0.6) is 0 Å². The van der Waals surface area contributed by atoms with Crippen molar-refractivity contribution >= 4 is 34.4 Å². The highest BCUT2D eigenvalue weighted by Crippen LogP contribution is 2.24. The lowest BCUT2D eigenvalue weighted by atomic mass is 10.1. The fraction of sp³-hybridized carbons (Fsp3) is 0.467. The van der Waals surface area contributed by atoms with Crippen molar-refractivity contribution in [2.45, 2.75) is 11.3 Å². The molecule has 1 heterocycles. The van der Waals surface area contributed by atoms with Crippen LogP contribution in [0, 0.1) is 0 Å². The molecule has 140 valence electrons. The number of benzene rings is 1. The van der Waals surface area contributed by atoms with E-state index in [1.54, 1.807) is 0 Å². The number of nitrogens with zero attached hydrogens (tertiary/aromatic N) is 1. The van der Waals surface area contributed by atoms with Crippen LogP contribution < -0.4 is 5.32 Å². The Labute approximate surface area is 152 Å². The Balaban J connectivity index is 0.00000312. The quantitative estimate of drug-likeness (QED) is 0.751. The van der Waals surface area contributed by atoms with Crippen molar-refractivity contribution in [3.05, 3.63) is 29.3 Å². The van der Waals surface area contributed by atoms with Gasteiger partial charge in [-0.05, 0) is 31.2 Å². The number of hydrogen-bond donors (Lipinski definition) is 1. The van der Waals surface area contributed by atoms with E-state index in [0.717, 1.165) is 12.6 Å². The summed E-state index contributed by atoms with van der Waals surface area (Å²) in [5, 5.41) is 3.12. The molecular formula is C15H21ClN2O6S. The molecule has 8 nitrogen and oxygen atoms in total. The predicted octanol–water partition coefficient (Wildman–Crippen LogP) is 0.666. The van der Waals surface area contributed by atoms with Crippen molar-refractivity contribution in [3.8, 4) is 0 Å². The van der Waals surface area contributed by atoms with Gasteiger partial charge in [0.05, 0.1) is 30.2 Å². The molecule has 0 atom stereocenters. The summed E-state index contributed by atoms with van der Waals surface area (Å²) in [7, 11) is -1.58. The number of carbonyl (C=O) groups is 2. The first-order valence-electron chi connectivity index (χ1n) is 7.43. The molecule has 1 aliphatic heterocycles. The molecule has 0 unspecified atom stereocenters. The van der Waals surface area contributed by atoms with Gasteiger partial charge in [0.2, 0.25) is 10.0 Å². The van der Waals surface area contributed by atoms with Crippen LogP contribution >= 0.6 is 12.4 Å². The average Bonchev–Trinajstić information content (AvgIpc) is 2.89. The number of nitrogens with one attached hydrogen (secondary N) is 1. The van der Waals surface area contributed by atoms with Gasteiger partial charge < -0.3 is 14.8 Å². The van der Waals surface area contributed by atoms with Crippen LogP contribution in [-0.2, 0) is 19.5 Å². The zero-order chi connectivity index (χ0) is 17.7. The molecule has 0 spiro atoms. The van der Waals surface area contributed by atoms with E-state index in [4.69, 9.17) is 0 Å². The second-order valence-corrected chi connectivity index (χ2v) is 7.11. The van der Waals surface area contributed by atoms with Gasteiger partial charge in [-0.3, -0.25) is 0 Å². The van der Waals surface area contributed by atoms with Crippen molar-refractivity contribution < 1.29 is 27.5 Å². The third-order valence-corrected chi connectivity index (χ3v) is 5.66. The molecular weight excluding hydrogens is 372 g/mol. The normalized spacial score (nSPS) is 15.6. The predicted molar refractivity (Wildman–Crippen MR) is 92.6 cm³/mol. The molecule has 0 aliphatic carbocycles. The van der Waals surface area contributed by atoms with E-state index in [1.165, 1.54) is 30.7 Å². The number of carbonyl (C=O) groups excluding carboxylic acids is 2. The third-order valence-electron chi connectivity index (χ3n) is 3.72. The van der Waals surface area contributed by atoms with Crippen molar-refractivity contribution in [1.29, 1.82) is 0 Å². The molecule has 10 heteroatoms. The summed E-state index contributed by atoms with van der Waals surface area (Å²) in [4.78, 5) is 23.4. The van der Waals surface area contributed by atoms with Crippen molar-refractivity contribution in [3.63, 3.8) is 0 Å². The topological polar surface area (TPSA) is 102 Å². The van der Waals surface area contributed by atoms with Crippen LogP contribution in [0.3, 0.4) is 0 Å². The van der Waals surface area contributed by atoms with Crippen LogP contribution in [0.25, 0.3) is 0 Å². The molecule has 0 saturated carbocycles. The van der Waals surface area contributed by atoms with E-state index < -0.39 is 22.0 Å². The van der Waals surface area contributed by atoms with Crippen LogP contribution in [0.4, 0.5) is 0 Å². The zero-order valence-corrected chi connectivity index (χ0v) is 15.6. The van der Waals surface area contributed by atoms with Crippen molar-refractivity contribution in [2.24, 2.45) is 0 Å². The molecule has 0 amide bonds. The summed E-state index contributed by atoms with van der Waals surface area (Å²) in [5.74, 6) is -1.46. The average molecular weight is 393 g/mol. The summed E-state index contributed by atoms with van der Waals surface area (Å²) in [6.07, 6.45) is 0.656. The van der Waals surface area contributed by atoms with E-state index in [1.807, 2.05) is 0 Å². The van der Waals surface area contributed by atoms with E-state index >= 15 is 0 Å². The van der Waals surface area contributed by atoms with Gasteiger partial charge in [0.15, 0.2) is 0 Å². The Bertz CT molecular complexity index is 730. The highest BCUT2D eigenvalue weighted by Gasteiger charge is 2.31. The highest BCUT2D eigenvalue weighted by molar-refractivity contribution is 7.89. The minimum atomic E-state index is -3.95. The lowest BCUT2D eigenvalue weighted by Crippen LogP contribution is -2.35. The molecule has 1 N–H and O–H groups in total. The van der Waals surface area contributed by atoms with Crippen LogP contribution in [0.15, 0.2) is 23.1 Å². The fourth-order valence-corrected chi connectivity index (χ4v) is 4.14. The molecule has 1 aromatic carbocycles. The summed E-state index contributed by atoms with van der Waals surface area (Å²) >= 11 is 0. The number of sulfonamides is 1. The second kappa shape index (κ2) is 9.14. The molecule has 0 radical (unpaired) electrons. The van der Waals surface area contributed by atoms with E-state index in [9.17, 15) is 18.0 Å². The fourth-order valence-electron chi connectivity index (χ4n) is 2.46. The summed E-state index contributed by atoms with van der Waals surface area (Å²) in [5.41, 5.74) is -0.0564. The standard InChI is InChI=1S/C15H20N2O6S.ClH/c1-22-14(18)11-4-5-12(15(19)23-2)13(10-11)24(20,21)17-8-3-6-16-7-9-17;/h4-5,10,16H,3,6-9H2,1-2H3;1H. The van der Waals surface area contributed by atoms with Gasteiger partial charge in [-0.15, -0.1) is 12.4 Å². The van der Waals surface area contributed by atoms with Crippen molar-refractivity contribution in [1.82, 2.24) is 9.62 Å². The zero-order valence-electron chi connectivity index (χ0n) is 14.0. The Morgan fingerprint density at radius 2 is 1.76 bits per heavy atom. The van der Waals surface area contributed by atoms with Gasteiger partial charge in [-0.25, -0.2) is 18.0 Å². The number of halogens is 1. The lowest BCUT2D eigenvalue weighted by molar-refractivity contribution is 0.0583. The molecule has 1 aromatic rings. The number of ether oxygens (including phenoxy) is 2. The molecule has 1 saturated heterocycles. The minimum absolute atomic E-state index is 0. The summed E-state index contributed by atoms with van der Waals surface area (Å²) in [6, 6.07) is 3.76. The van der Waals surface area contributed by atoms with Gasteiger partial charge in [0.25, 0.3) is 0 Å². The van der Waals surface area contributed by atoms with E-state index in [-0.39, 0.29) is 35.0 Å². The Morgan fingerprint density at radius 1 is 1.08 bits per heavy atom. The van der Waals surface area contributed by atoms with E-state index in [2.05, 4.69) is 14.8 Å².